The van der Waals surface area contributed by atoms with Crippen molar-refractivity contribution in [1.29, 1.82) is 0 Å². The molecule has 2 aliphatic rings. The summed E-state index contributed by atoms with van der Waals surface area (Å²) in [6.07, 6.45) is 7.00. The molecule has 0 bridgehead atoms. The van der Waals surface area contributed by atoms with Crippen LogP contribution in [0.15, 0.2) is 18.5 Å². The first-order valence-electron chi connectivity index (χ1n) is 8.94. The molecule has 1 unspecified atom stereocenters. The van der Waals surface area contributed by atoms with Crippen LogP contribution in [0.25, 0.3) is 22.6 Å². The van der Waals surface area contributed by atoms with Crippen LogP contribution in [0.1, 0.15) is 41.3 Å². The quantitative estimate of drug-likeness (QED) is 0.753. The van der Waals surface area contributed by atoms with Crippen molar-refractivity contribution in [3.63, 3.8) is 0 Å². The van der Waals surface area contributed by atoms with E-state index in [0.717, 1.165) is 59.8 Å². The molecule has 2 N–H and O–H groups in total. The Hall–Kier alpha value is -2.31. The molecule has 0 spiro atoms. The highest BCUT2D eigenvalue weighted by Crippen LogP contribution is 2.33. The van der Waals surface area contributed by atoms with Gasteiger partial charge in [0.05, 0.1) is 25.1 Å². The summed E-state index contributed by atoms with van der Waals surface area (Å²) in [5.41, 5.74) is 8.34. The zero-order valence-corrected chi connectivity index (χ0v) is 14.3. The molecule has 1 saturated heterocycles. The number of fused-ring (bicyclic) bond motifs is 2. The molecule has 0 amide bonds. The summed E-state index contributed by atoms with van der Waals surface area (Å²) in [5, 5.41) is 3.61. The summed E-state index contributed by atoms with van der Waals surface area (Å²) in [7, 11) is 0. The minimum absolute atomic E-state index is 0.392. The molecule has 0 radical (unpaired) electrons. The number of H-pyrrole nitrogens is 1. The SMILES string of the molecule is Cc1c[nH]c2ncc(-c3cc(C4CCCN4)c4c(n3)CCOC4)nc12. The Kier molecular flexibility index (Phi) is 3.53. The van der Waals surface area contributed by atoms with Crippen LogP contribution in [-0.4, -0.2) is 33.1 Å². The number of aryl methyl sites for hydroxylation is 1. The lowest BCUT2D eigenvalue weighted by atomic mass is 9.95. The molecule has 3 aromatic heterocycles. The lowest BCUT2D eigenvalue weighted by Gasteiger charge is -2.23. The number of aromatic nitrogens is 4. The number of nitrogens with zero attached hydrogens (tertiary/aromatic N) is 3. The van der Waals surface area contributed by atoms with E-state index in [-0.39, 0.29) is 0 Å². The van der Waals surface area contributed by atoms with Crippen LogP contribution in [0.5, 0.6) is 0 Å². The predicted octanol–water partition coefficient (Wildman–Crippen LogP) is 2.83. The maximum absolute atomic E-state index is 5.70. The molecule has 5 rings (SSSR count). The third kappa shape index (κ3) is 2.53. The second-order valence-electron chi connectivity index (χ2n) is 6.90. The number of pyridine rings is 1. The molecule has 2 aliphatic heterocycles. The average Bonchev–Trinajstić information content (AvgIpc) is 3.31. The second kappa shape index (κ2) is 5.89. The normalized spacial score (nSPS) is 20.1. The van der Waals surface area contributed by atoms with Crippen LogP contribution in [0.4, 0.5) is 0 Å². The Balaban J connectivity index is 1.66. The highest BCUT2D eigenvalue weighted by molar-refractivity contribution is 5.77. The number of rotatable bonds is 2. The monoisotopic (exact) mass is 335 g/mol. The Morgan fingerprint density at radius 2 is 2.20 bits per heavy atom. The van der Waals surface area contributed by atoms with Gasteiger partial charge >= 0.3 is 0 Å². The molecule has 3 aromatic rings. The van der Waals surface area contributed by atoms with Gasteiger partial charge in [0.1, 0.15) is 11.2 Å². The van der Waals surface area contributed by atoms with Gasteiger partial charge < -0.3 is 15.0 Å². The molecular formula is C19H21N5O. The molecule has 0 saturated carbocycles. The number of nitrogens with one attached hydrogen (secondary N) is 2. The molecule has 5 heterocycles. The number of aromatic amines is 1. The van der Waals surface area contributed by atoms with E-state index in [1.54, 1.807) is 0 Å². The van der Waals surface area contributed by atoms with Crippen molar-refractivity contribution in [1.82, 2.24) is 25.3 Å². The minimum Gasteiger partial charge on any atom is -0.376 e. The maximum atomic E-state index is 5.70. The number of hydrogen-bond acceptors (Lipinski definition) is 5. The van der Waals surface area contributed by atoms with Gasteiger partial charge in [-0.05, 0) is 43.5 Å². The minimum atomic E-state index is 0.392. The summed E-state index contributed by atoms with van der Waals surface area (Å²) >= 11 is 0. The van der Waals surface area contributed by atoms with Crippen molar-refractivity contribution in [3.05, 3.63) is 40.8 Å². The van der Waals surface area contributed by atoms with E-state index in [0.29, 0.717) is 12.6 Å². The van der Waals surface area contributed by atoms with E-state index in [1.807, 2.05) is 19.3 Å². The molecule has 25 heavy (non-hydrogen) atoms. The molecule has 1 fully saturated rings. The van der Waals surface area contributed by atoms with Crippen LogP contribution >= 0.6 is 0 Å². The van der Waals surface area contributed by atoms with Crippen LogP contribution in [0.2, 0.25) is 0 Å². The number of hydrogen-bond donors (Lipinski definition) is 2. The molecule has 128 valence electrons. The van der Waals surface area contributed by atoms with Gasteiger partial charge in [0.15, 0.2) is 5.65 Å². The second-order valence-corrected chi connectivity index (χ2v) is 6.90. The molecule has 0 aromatic carbocycles. The van der Waals surface area contributed by atoms with E-state index in [2.05, 4.69) is 21.4 Å². The third-order valence-corrected chi connectivity index (χ3v) is 5.24. The molecule has 6 nitrogen and oxygen atoms in total. The lowest BCUT2D eigenvalue weighted by Crippen LogP contribution is -2.20. The Morgan fingerprint density at radius 3 is 3.08 bits per heavy atom. The van der Waals surface area contributed by atoms with Gasteiger partial charge in [-0.1, -0.05) is 0 Å². The predicted molar refractivity (Wildman–Crippen MR) is 95.2 cm³/mol. The third-order valence-electron chi connectivity index (χ3n) is 5.24. The van der Waals surface area contributed by atoms with Crippen molar-refractivity contribution >= 4 is 11.2 Å². The lowest BCUT2D eigenvalue weighted by molar-refractivity contribution is 0.108. The van der Waals surface area contributed by atoms with E-state index >= 15 is 0 Å². The molecular weight excluding hydrogens is 314 g/mol. The fraction of sp³-hybridized carbons (Fsp3) is 0.421. The van der Waals surface area contributed by atoms with E-state index in [9.17, 15) is 0 Å². The topological polar surface area (TPSA) is 75.7 Å². The standard InChI is InChI=1S/C19H21N5O/c1-11-8-21-19-18(11)24-17(9-22-19)16-7-12(14-3-2-5-20-14)13-10-25-6-4-15(13)23-16/h7-9,14,20H,2-6,10H2,1H3,(H,21,22). The van der Waals surface area contributed by atoms with Gasteiger partial charge in [-0.15, -0.1) is 0 Å². The fourth-order valence-corrected chi connectivity index (χ4v) is 3.89. The first kappa shape index (κ1) is 15.0. The van der Waals surface area contributed by atoms with Gasteiger partial charge in [-0.2, -0.15) is 0 Å². The van der Waals surface area contributed by atoms with Crippen molar-refractivity contribution in [2.45, 2.75) is 38.8 Å². The van der Waals surface area contributed by atoms with Crippen LogP contribution < -0.4 is 5.32 Å². The first-order chi connectivity index (χ1) is 12.3. The zero-order valence-electron chi connectivity index (χ0n) is 14.3. The first-order valence-corrected chi connectivity index (χ1v) is 8.94. The summed E-state index contributed by atoms with van der Waals surface area (Å²) in [5.74, 6) is 0. The van der Waals surface area contributed by atoms with Crippen molar-refractivity contribution in [2.75, 3.05) is 13.2 Å². The van der Waals surface area contributed by atoms with Crippen LogP contribution in [0.3, 0.4) is 0 Å². The van der Waals surface area contributed by atoms with Crippen LogP contribution in [-0.2, 0) is 17.8 Å². The smallest absolute Gasteiger partial charge is 0.156 e. The van der Waals surface area contributed by atoms with Gasteiger partial charge in [-0.25, -0.2) is 9.97 Å². The van der Waals surface area contributed by atoms with Gasteiger partial charge in [0, 0.05) is 29.9 Å². The average molecular weight is 335 g/mol. The van der Waals surface area contributed by atoms with E-state index in [4.69, 9.17) is 14.7 Å². The summed E-state index contributed by atoms with van der Waals surface area (Å²) in [4.78, 5) is 17.4. The fourth-order valence-electron chi connectivity index (χ4n) is 3.89. The van der Waals surface area contributed by atoms with Crippen molar-refractivity contribution in [3.8, 4) is 11.4 Å². The van der Waals surface area contributed by atoms with Crippen LogP contribution in [0, 0.1) is 6.92 Å². The van der Waals surface area contributed by atoms with Gasteiger partial charge in [-0.3, -0.25) is 4.98 Å². The Labute approximate surface area is 146 Å². The zero-order chi connectivity index (χ0) is 16.8. The highest BCUT2D eigenvalue weighted by atomic mass is 16.5. The number of ether oxygens (including phenoxy) is 1. The highest BCUT2D eigenvalue weighted by Gasteiger charge is 2.25. The molecule has 6 heteroatoms. The van der Waals surface area contributed by atoms with E-state index < -0.39 is 0 Å². The van der Waals surface area contributed by atoms with Gasteiger partial charge in [0.2, 0.25) is 0 Å². The van der Waals surface area contributed by atoms with Crippen molar-refractivity contribution in [2.24, 2.45) is 0 Å². The summed E-state index contributed by atoms with van der Waals surface area (Å²) in [6, 6.07) is 2.58. The summed E-state index contributed by atoms with van der Waals surface area (Å²) < 4.78 is 5.70. The Bertz CT molecular complexity index is 942. The maximum Gasteiger partial charge on any atom is 0.156 e. The van der Waals surface area contributed by atoms with E-state index in [1.165, 1.54) is 17.5 Å². The largest absolute Gasteiger partial charge is 0.376 e. The Morgan fingerprint density at radius 1 is 1.24 bits per heavy atom. The summed E-state index contributed by atoms with van der Waals surface area (Å²) in [6.45, 7) is 4.52. The van der Waals surface area contributed by atoms with Crippen molar-refractivity contribution < 1.29 is 4.74 Å². The van der Waals surface area contributed by atoms with Gasteiger partial charge in [0.25, 0.3) is 0 Å². The molecule has 1 atom stereocenters. The molecule has 0 aliphatic carbocycles.